The summed E-state index contributed by atoms with van der Waals surface area (Å²) >= 11 is 11.7. The first-order valence-electron chi connectivity index (χ1n) is 10.5. The minimum absolute atomic E-state index is 0.00503. The minimum Gasteiger partial charge on any atom is -0.324 e. The van der Waals surface area contributed by atoms with Gasteiger partial charge in [-0.1, -0.05) is 35.4 Å². The van der Waals surface area contributed by atoms with Crippen LogP contribution in [0.4, 0.5) is 0 Å². The molecule has 1 saturated heterocycles. The van der Waals surface area contributed by atoms with Gasteiger partial charge in [0.05, 0.1) is 16.0 Å². The lowest BCUT2D eigenvalue weighted by atomic mass is 10.1. The van der Waals surface area contributed by atoms with E-state index in [1.165, 1.54) is 52.8 Å². The van der Waals surface area contributed by atoms with E-state index < -0.39 is 39.7 Å². The first-order chi connectivity index (χ1) is 16.3. The number of rotatable bonds is 10. The maximum Gasteiger partial charge on any atom is 0.325 e. The molecule has 35 heavy (non-hydrogen) atoms. The van der Waals surface area contributed by atoms with Gasteiger partial charge < -0.3 is 9.79 Å². The Bertz CT molecular complexity index is 1310. The third-order valence-electron chi connectivity index (χ3n) is 5.34. The maximum atomic E-state index is 13.3. The molecule has 2 aromatic rings. The lowest BCUT2D eigenvalue weighted by Gasteiger charge is -2.22. The molecule has 192 valence electrons. The van der Waals surface area contributed by atoms with Crippen LogP contribution in [0.25, 0.3) is 0 Å². The highest BCUT2D eigenvalue weighted by molar-refractivity contribution is 7.89. The zero-order chi connectivity index (χ0) is 25.9. The quantitative estimate of drug-likeness (QED) is 0.221. The molecule has 14 heteroatoms. The Morgan fingerprint density at radius 1 is 0.971 bits per heavy atom. The van der Waals surface area contributed by atoms with Gasteiger partial charge in [0.2, 0.25) is 20.0 Å². The van der Waals surface area contributed by atoms with Crippen molar-refractivity contribution in [3.8, 4) is 0 Å². The predicted molar refractivity (Wildman–Crippen MR) is 135 cm³/mol. The lowest BCUT2D eigenvalue weighted by molar-refractivity contribution is 0.372. The molecule has 0 saturated carbocycles. The highest BCUT2D eigenvalue weighted by Crippen LogP contribution is 2.35. The Hall–Kier alpha value is -1.27. The Balaban J connectivity index is 1.82. The third-order valence-corrected chi connectivity index (χ3v) is 10.2. The summed E-state index contributed by atoms with van der Waals surface area (Å²) in [6, 6.07) is 9.92. The molecule has 2 aromatic carbocycles. The molecule has 1 fully saturated rings. The standard InChI is InChI=1S/C21H25Cl2N2O7PS2/c22-16-5-9-20(10-6-16)34(29,30)24-18-14-19(4-2-1-3-13-33(26,27)28)25(15-18)35(31,32)21-11-7-17(23)8-12-21/h2,4-12,18-19,24H,1,3,13-15H2,(H2,26,27,28)/b4-2-/t18-,19-/m1/s1. The summed E-state index contributed by atoms with van der Waals surface area (Å²) in [4.78, 5) is 18.0. The number of hydrogen-bond donors (Lipinski definition) is 3. The fourth-order valence-corrected chi connectivity index (χ4v) is 7.41. The van der Waals surface area contributed by atoms with Crippen LogP contribution in [-0.4, -0.2) is 55.7 Å². The number of allylic oxidation sites excluding steroid dienone is 1. The van der Waals surface area contributed by atoms with E-state index in [2.05, 4.69) is 4.72 Å². The van der Waals surface area contributed by atoms with E-state index in [-0.39, 0.29) is 35.3 Å². The molecular weight excluding hydrogens is 558 g/mol. The fourth-order valence-electron chi connectivity index (χ4n) is 3.68. The second kappa shape index (κ2) is 11.4. The Morgan fingerprint density at radius 2 is 1.51 bits per heavy atom. The Kier molecular flexibility index (Phi) is 9.23. The SMILES string of the molecule is O=P(O)(O)CCC/C=C\[C@@H]1C[C@@H](NS(=O)(=O)c2ccc(Cl)cc2)CN1S(=O)(=O)c1ccc(Cl)cc1. The van der Waals surface area contributed by atoms with Crippen molar-refractivity contribution in [3.05, 3.63) is 70.7 Å². The second-order valence-corrected chi connectivity index (χ2v) is 14.3. The molecule has 0 unspecified atom stereocenters. The number of nitrogens with one attached hydrogen (secondary N) is 1. The van der Waals surface area contributed by atoms with Crippen LogP contribution in [0.15, 0.2) is 70.5 Å². The molecule has 0 bridgehead atoms. The number of sulfonamides is 2. The van der Waals surface area contributed by atoms with Crippen molar-refractivity contribution in [1.82, 2.24) is 9.03 Å². The van der Waals surface area contributed by atoms with Crippen molar-refractivity contribution in [2.45, 2.75) is 41.1 Å². The number of benzene rings is 2. The minimum atomic E-state index is -4.12. The van der Waals surface area contributed by atoms with Gasteiger partial charge >= 0.3 is 7.60 Å². The summed E-state index contributed by atoms with van der Waals surface area (Å²) in [5, 5.41) is 0.759. The van der Waals surface area contributed by atoms with E-state index in [1.54, 1.807) is 12.2 Å². The smallest absolute Gasteiger partial charge is 0.324 e. The number of unbranched alkanes of at least 4 members (excludes halogenated alkanes) is 1. The molecule has 9 nitrogen and oxygen atoms in total. The lowest BCUT2D eigenvalue weighted by Crippen LogP contribution is -2.39. The largest absolute Gasteiger partial charge is 0.325 e. The van der Waals surface area contributed by atoms with E-state index in [1.807, 2.05) is 0 Å². The van der Waals surface area contributed by atoms with Crippen molar-refractivity contribution in [2.75, 3.05) is 12.7 Å². The zero-order valence-electron chi connectivity index (χ0n) is 18.4. The van der Waals surface area contributed by atoms with Crippen molar-refractivity contribution in [1.29, 1.82) is 0 Å². The zero-order valence-corrected chi connectivity index (χ0v) is 22.4. The van der Waals surface area contributed by atoms with Crippen LogP contribution in [-0.2, 0) is 24.6 Å². The molecule has 1 aliphatic rings. The van der Waals surface area contributed by atoms with Gasteiger partial charge in [0, 0.05) is 28.7 Å². The van der Waals surface area contributed by atoms with E-state index in [0.717, 1.165) is 0 Å². The van der Waals surface area contributed by atoms with Crippen molar-refractivity contribution < 1.29 is 31.2 Å². The summed E-state index contributed by atoms with van der Waals surface area (Å²) in [7, 11) is -12.0. The van der Waals surface area contributed by atoms with Gasteiger partial charge in [-0.05, 0) is 67.8 Å². The molecule has 1 heterocycles. The molecule has 3 rings (SSSR count). The number of hydrogen-bond acceptors (Lipinski definition) is 5. The topological polar surface area (TPSA) is 141 Å². The Labute approximate surface area is 215 Å². The van der Waals surface area contributed by atoms with E-state index in [4.69, 9.17) is 33.0 Å². The summed E-state index contributed by atoms with van der Waals surface area (Å²) in [6.07, 6.45) is 3.74. The van der Waals surface area contributed by atoms with Crippen LogP contribution >= 0.6 is 30.8 Å². The Morgan fingerprint density at radius 3 is 2.06 bits per heavy atom. The van der Waals surface area contributed by atoms with Gasteiger partial charge in [-0.2, -0.15) is 4.31 Å². The number of nitrogens with zero attached hydrogens (tertiary/aromatic N) is 1. The van der Waals surface area contributed by atoms with Crippen LogP contribution in [0.5, 0.6) is 0 Å². The van der Waals surface area contributed by atoms with Crippen molar-refractivity contribution in [2.24, 2.45) is 0 Å². The van der Waals surface area contributed by atoms with Crippen molar-refractivity contribution in [3.63, 3.8) is 0 Å². The molecule has 0 aliphatic carbocycles. The average Bonchev–Trinajstić information content (AvgIpc) is 3.16. The van der Waals surface area contributed by atoms with E-state index in [0.29, 0.717) is 16.5 Å². The van der Waals surface area contributed by atoms with Gasteiger partial charge in [-0.15, -0.1) is 0 Å². The molecule has 0 radical (unpaired) electrons. The monoisotopic (exact) mass is 582 g/mol. The fraction of sp³-hybridized carbons (Fsp3) is 0.333. The van der Waals surface area contributed by atoms with Gasteiger partial charge in [-0.25, -0.2) is 21.6 Å². The van der Waals surface area contributed by atoms with E-state index in [9.17, 15) is 21.4 Å². The molecular formula is C21H25Cl2N2O7PS2. The van der Waals surface area contributed by atoms with Gasteiger partial charge in [0.1, 0.15) is 0 Å². The van der Waals surface area contributed by atoms with Gasteiger partial charge in [0.15, 0.2) is 0 Å². The molecule has 0 spiro atoms. The van der Waals surface area contributed by atoms with Crippen molar-refractivity contribution >= 4 is 50.8 Å². The van der Waals surface area contributed by atoms with Crippen LogP contribution in [0.3, 0.4) is 0 Å². The summed E-state index contributed by atoms with van der Waals surface area (Å²) in [5.41, 5.74) is 0. The van der Waals surface area contributed by atoms with E-state index >= 15 is 0 Å². The molecule has 0 amide bonds. The highest BCUT2D eigenvalue weighted by Gasteiger charge is 2.40. The highest BCUT2D eigenvalue weighted by atomic mass is 35.5. The van der Waals surface area contributed by atoms with Gasteiger partial charge in [0.25, 0.3) is 0 Å². The maximum absolute atomic E-state index is 13.3. The number of halogens is 2. The summed E-state index contributed by atoms with van der Waals surface area (Å²) < 4.78 is 67.2. The molecule has 0 aromatic heterocycles. The van der Waals surface area contributed by atoms with Crippen LogP contribution in [0.2, 0.25) is 10.0 Å². The molecule has 1 aliphatic heterocycles. The first kappa shape index (κ1) is 28.3. The van der Waals surface area contributed by atoms with Gasteiger partial charge in [-0.3, -0.25) is 4.57 Å². The third kappa shape index (κ3) is 7.85. The van der Waals surface area contributed by atoms with Crippen LogP contribution < -0.4 is 4.72 Å². The average molecular weight is 583 g/mol. The molecule has 3 N–H and O–H groups in total. The summed E-state index contributed by atoms with van der Waals surface area (Å²) in [6.45, 7) is -0.102. The second-order valence-electron chi connectivity index (χ2n) is 8.06. The predicted octanol–water partition coefficient (Wildman–Crippen LogP) is 3.62. The summed E-state index contributed by atoms with van der Waals surface area (Å²) in [5.74, 6) is 0. The first-order valence-corrected chi connectivity index (χ1v) is 16.0. The van der Waals surface area contributed by atoms with Crippen LogP contribution in [0, 0.1) is 0 Å². The molecule has 2 atom stereocenters. The van der Waals surface area contributed by atoms with Crippen LogP contribution in [0.1, 0.15) is 19.3 Å². The normalized spacial score (nSPS) is 20.0.